The summed E-state index contributed by atoms with van der Waals surface area (Å²) in [5.41, 5.74) is 0. The Labute approximate surface area is 109 Å². The summed E-state index contributed by atoms with van der Waals surface area (Å²) in [7, 11) is -0.696. The average molecular weight is 259 g/mol. The van der Waals surface area contributed by atoms with Gasteiger partial charge in [-0.1, -0.05) is 26.7 Å². The average Bonchev–Trinajstić information content (AvgIpc) is 2.50. The van der Waals surface area contributed by atoms with E-state index in [1.807, 2.05) is 0 Å². The molecule has 0 radical (unpaired) electrons. The lowest BCUT2D eigenvalue weighted by Gasteiger charge is -2.20. The van der Waals surface area contributed by atoms with Gasteiger partial charge in [0, 0.05) is 34.9 Å². The van der Waals surface area contributed by atoms with E-state index in [-0.39, 0.29) is 5.25 Å². The number of hydrogen-bond acceptors (Lipinski definition) is 2. The van der Waals surface area contributed by atoms with Gasteiger partial charge >= 0.3 is 0 Å². The molecule has 0 heterocycles. The summed E-state index contributed by atoms with van der Waals surface area (Å²) < 4.78 is 11.3. The smallest absolute Gasteiger partial charge is 0.0441 e. The third kappa shape index (κ3) is 5.52. The molecular weight excluding hydrogens is 230 g/mol. The molecule has 0 amide bonds. The van der Waals surface area contributed by atoms with E-state index in [0.29, 0.717) is 6.04 Å². The van der Waals surface area contributed by atoms with Crippen molar-refractivity contribution in [3.8, 4) is 0 Å². The molecule has 0 aromatic carbocycles. The Bertz CT molecular complexity index is 242. The van der Waals surface area contributed by atoms with Gasteiger partial charge in [-0.05, 0) is 38.0 Å². The molecule has 4 unspecified atom stereocenters. The van der Waals surface area contributed by atoms with Crippen molar-refractivity contribution in [1.82, 2.24) is 5.32 Å². The second kappa shape index (κ2) is 7.52. The molecule has 0 saturated heterocycles. The zero-order valence-electron chi connectivity index (χ0n) is 11.9. The highest BCUT2D eigenvalue weighted by Gasteiger charge is 2.21. The fraction of sp³-hybridized carbons (Fsp3) is 1.00. The quantitative estimate of drug-likeness (QED) is 0.769. The molecule has 0 bridgehead atoms. The van der Waals surface area contributed by atoms with Gasteiger partial charge in [-0.3, -0.25) is 4.21 Å². The Morgan fingerprint density at radius 3 is 2.47 bits per heavy atom. The van der Waals surface area contributed by atoms with Gasteiger partial charge in [0.05, 0.1) is 0 Å². The summed E-state index contributed by atoms with van der Waals surface area (Å²) in [6.45, 7) is 7.66. The van der Waals surface area contributed by atoms with Crippen LogP contribution in [0.1, 0.15) is 52.9 Å². The fourth-order valence-corrected chi connectivity index (χ4v) is 2.98. The molecule has 1 aliphatic rings. The molecule has 0 spiro atoms. The van der Waals surface area contributed by atoms with Crippen molar-refractivity contribution in [2.75, 3.05) is 12.8 Å². The Morgan fingerprint density at radius 2 is 1.88 bits per heavy atom. The van der Waals surface area contributed by atoms with E-state index in [1.54, 1.807) is 6.26 Å². The van der Waals surface area contributed by atoms with Crippen molar-refractivity contribution < 1.29 is 4.21 Å². The first-order chi connectivity index (χ1) is 8.00. The molecule has 4 atom stereocenters. The van der Waals surface area contributed by atoms with Crippen molar-refractivity contribution >= 4 is 10.8 Å². The zero-order chi connectivity index (χ0) is 12.8. The summed E-state index contributed by atoms with van der Waals surface area (Å²) >= 11 is 0. The van der Waals surface area contributed by atoms with Gasteiger partial charge < -0.3 is 5.32 Å². The van der Waals surface area contributed by atoms with E-state index < -0.39 is 10.8 Å². The lowest BCUT2D eigenvalue weighted by atomic mass is 9.89. The van der Waals surface area contributed by atoms with Gasteiger partial charge in [0.2, 0.25) is 0 Å². The lowest BCUT2D eigenvalue weighted by molar-refractivity contribution is 0.338. The molecule has 0 aromatic heterocycles. The van der Waals surface area contributed by atoms with E-state index in [2.05, 4.69) is 26.1 Å². The van der Waals surface area contributed by atoms with E-state index in [0.717, 1.165) is 18.4 Å². The summed E-state index contributed by atoms with van der Waals surface area (Å²) in [5, 5.41) is 3.89. The van der Waals surface area contributed by atoms with Crippen molar-refractivity contribution in [2.24, 2.45) is 11.8 Å². The molecule has 1 N–H and O–H groups in total. The largest absolute Gasteiger partial charge is 0.313 e. The van der Waals surface area contributed by atoms with Crippen LogP contribution in [0.3, 0.4) is 0 Å². The highest BCUT2D eigenvalue weighted by Crippen LogP contribution is 2.28. The molecule has 1 rings (SSSR count). The molecule has 0 aliphatic heterocycles. The van der Waals surface area contributed by atoms with Crippen LogP contribution >= 0.6 is 0 Å². The van der Waals surface area contributed by atoms with Crippen LogP contribution in [0.15, 0.2) is 0 Å². The van der Waals surface area contributed by atoms with Crippen LogP contribution < -0.4 is 5.32 Å². The SMILES string of the molecule is CC(C)C1CCCC(NCC(C)S(C)=O)CC1. The van der Waals surface area contributed by atoms with Crippen LogP contribution in [0.5, 0.6) is 0 Å². The standard InChI is InChI=1S/C14H29NOS/c1-11(2)13-6-5-7-14(9-8-13)15-10-12(3)17(4)16/h11-15H,5-10H2,1-4H3. The maximum absolute atomic E-state index is 11.3. The second-order valence-electron chi connectivity index (χ2n) is 5.93. The van der Waals surface area contributed by atoms with Crippen LogP contribution in [0, 0.1) is 11.8 Å². The molecule has 2 nitrogen and oxygen atoms in total. The van der Waals surface area contributed by atoms with Crippen LogP contribution in [0.25, 0.3) is 0 Å². The maximum atomic E-state index is 11.3. The summed E-state index contributed by atoms with van der Waals surface area (Å²) in [4.78, 5) is 0. The molecule has 0 aromatic rings. The van der Waals surface area contributed by atoms with Gasteiger partial charge in [-0.25, -0.2) is 0 Å². The van der Waals surface area contributed by atoms with Gasteiger partial charge in [0.1, 0.15) is 0 Å². The molecule has 1 fully saturated rings. The van der Waals surface area contributed by atoms with Gasteiger partial charge in [0.15, 0.2) is 0 Å². The molecule has 3 heteroatoms. The number of rotatable bonds is 5. The normalized spacial score (nSPS) is 29.9. The highest BCUT2D eigenvalue weighted by atomic mass is 32.2. The van der Waals surface area contributed by atoms with Crippen LogP contribution in [-0.4, -0.2) is 28.3 Å². The third-order valence-corrected chi connectivity index (χ3v) is 5.52. The van der Waals surface area contributed by atoms with Crippen molar-refractivity contribution in [2.45, 2.75) is 64.2 Å². The molecule has 1 saturated carbocycles. The number of hydrogen-bond donors (Lipinski definition) is 1. The minimum absolute atomic E-state index is 0.277. The highest BCUT2D eigenvalue weighted by molar-refractivity contribution is 7.84. The zero-order valence-corrected chi connectivity index (χ0v) is 12.7. The Morgan fingerprint density at radius 1 is 1.18 bits per heavy atom. The molecule has 17 heavy (non-hydrogen) atoms. The van der Waals surface area contributed by atoms with Crippen LogP contribution in [-0.2, 0) is 10.8 Å². The topological polar surface area (TPSA) is 29.1 Å². The number of nitrogens with one attached hydrogen (secondary N) is 1. The predicted molar refractivity (Wildman–Crippen MR) is 76.7 cm³/mol. The molecule has 1 aliphatic carbocycles. The van der Waals surface area contributed by atoms with E-state index in [4.69, 9.17) is 0 Å². The monoisotopic (exact) mass is 259 g/mol. The lowest BCUT2D eigenvalue weighted by Crippen LogP contribution is -2.35. The van der Waals surface area contributed by atoms with Crippen LogP contribution in [0.2, 0.25) is 0 Å². The second-order valence-corrected chi connectivity index (χ2v) is 7.73. The minimum Gasteiger partial charge on any atom is -0.313 e. The fourth-order valence-electron chi connectivity index (χ4n) is 2.65. The first-order valence-electron chi connectivity index (χ1n) is 7.06. The minimum atomic E-state index is -0.696. The summed E-state index contributed by atoms with van der Waals surface area (Å²) in [6.07, 6.45) is 8.50. The van der Waals surface area contributed by atoms with Crippen molar-refractivity contribution in [1.29, 1.82) is 0 Å². The van der Waals surface area contributed by atoms with Crippen molar-refractivity contribution in [3.63, 3.8) is 0 Å². The van der Waals surface area contributed by atoms with E-state index >= 15 is 0 Å². The molecular formula is C14H29NOS. The molecule has 102 valence electrons. The predicted octanol–water partition coefficient (Wildman–Crippen LogP) is 2.95. The third-order valence-electron chi connectivity index (χ3n) is 4.22. The Balaban J connectivity index is 2.29. The van der Waals surface area contributed by atoms with Gasteiger partial charge in [0.25, 0.3) is 0 Å². The summed E-state index contributed by atoms with van der Waals surface area (Å²) in [6, 6.07) is 0.657. The summed E-state index contributed by atoms with van der Waals surface area (Å²) in [5.74, 6) is 1.75. The van der Waals surface area contributed by atoms with Crippen LogP contribution in [0.4, 0.5) is 0 Å². The Kier molecular flexibility index (Phi) is 6.71. The Hall–Kier alpha value is 0.110. The van der Waals surface area contributed by atoms with E-state index in [1.165, 1.54) is 32.1 Å². The van der Waals surface area contributed by atoms with Gasteiger partial charge in [-0.2, -0.15) is 0 Å². The maximum Gasteiger partial charge on any atom is 0.0441 e. The first-order valence-corrected chi connectivity index (χ1v) is 8.68. The van der Waals surface area contributed by atoms with Gasteiger partial charge in [-0.15, -0.1) is 0 Å². The first kappa shape index (κ1) is 15.2. The van der Waals surface area contributed by atoms with E-state index in [9.17, 15) is 4.21 Å². The van der Waals surface area contributed by atoms with Crippen molar-refractivity contribution in [3.05, 3.63) is 0 Å².